The molecular formula is C15H18N3O2S+. The number of piperazine rings is 1. The number of hydrogen-bond donors (Lipinski definition) is 2. The summed E-state index contributed by atoms with van der Waals surface area (Å²) in [6, 6.07) is 7.61. The van der Waals surface area contributed by atoms with Crippen LogP contribution in [0.5, 0.6) is 0 Å². The van der Waals surface area contributed by atoms with Crippen molar-refractivity contribution in [3.05, 3.63) is 35.2 Å². The topological polar surface area (TPSA) is 53.9 Å². The van der Waals surface area contributed by atoms with E-state index in [2.05, 4.69) is 12.4 Å². The Morgan fingerprint density at radius 2 is 2.05 bits per heavy atom. The highest BCUT2D eigenvalue weighted by Gasteiger charge is 2.24. The van der Waals surface area contributed by atoms with E-state index in [1.54, 1.807) is 0 Å². The second-order valence-electron chi connectivity index (χ2n) is 5.34. The van der Waals surface area contributed by atoms with Gasteiger partial charge in [0.2, 0.25) is 5.91 Å². The first kappa shape index (κ1) is 14.2. The molecule has 0 atom stereocenters. The fraction of sp³-hybridized carbons (Fsp3) is 0.333. The maximum absolute atomic E-state index is 12.3. The zero-order valence-electron chi connectivity index (χ0n) is 11.9. The highest BCUT2D eigenvalue weighted by Crippen LogP contribution is 2.37. The Balaban J connectivity index is 1.74. The van der Waals surface area contributed by atoms with E-state index in [9.17, 15) is 9.59 Å². The van der Waals surface area contributed by atoms with Crippen molar-refractivity contribution in [1.29, 1.82) is 0 Å². The van der Waals surface area contributed by atoms with Crippen LogP contribution < -0.4 is 10.2 Å². The summed E-state index contributed by atoms with van der Waals surface area (Å²) in [5.41, 5.74) is 0.806. The fourth-order valence-corrected chi connectivity index (χ4v) is 3.33. The lowest BCUT2D eigenvalue weighted by Gasteiger charge is -2.29. The lowest BCUT2D eigenvalue weighted by Crippen LogP contribution is -3.12. The highest BCUT2D eigenvalue weighted by atomic mass is 32.2. The minimum Gasteiger partial charge on any atom is -0.334 e. The molecule has 0 radical (unpaired) electrons. The van der Waals surface area contributed by atoms with Crippen molar-refractivity contribution in [2.75, 3.05) is 38.5 Å². The number of rotatable bonds is 1. The first-order valence-corrected chi connectivity index (χ1v) is 7.85. The molecule has 1 saturated heterocycles. The smallest absolute Gasteiger partial charge is 0.262 e. The van der Waals surface area contributed by atoms with Crippen LogP contribution >= 0.6 is 11.8 Å². The van der Waals surface area contributed by atoms with Crippen LogP contribution in [0.25, 0.3) is 0 Å². The number of benzene rings is 1. The third kappa shape index (κ3) is 3.11. The number of nitrogens with zero attached hydrogens (tertiary/aromatic N) is 1. The Kier molecular flexibility index (Phi) is 3.98. The number of anilines is 1. The quantitative estimate of drug-likeness (QED) is 0.717. The lowest BCUT2D eigenvalue weighted by atomic mass is 10.3. The van der Waals surface area contributed by atoms with Crippen LogP contribution in [0.2, 0.25) is 0 Å². The SMILES string of the molecule is C[NH+]1CCN(C(=O)C=C2Sc3ccccc3NC2=O)CC1. The molecule has 0 saturated carbocycles. The molecule has 2 aliphatic heterocycles. The molecule has 0 aliphatic carbocycles. The van der Waals surface area contributed by atoms with Crippen molar-refractivity contribution in [1.82, 2.24) is 4.90 Å². The number of thioether (sulfide) groups is 1. The molecule has 5 nitrogen and oxygen atoms in total. The van der Waals surface area contributed by atoms with Crippen LogP contribution in [0.15, 0.2) is 40.1 Å². The third-order valence-corrected chi connectivity index (χ3v) is 4.86. The Morgan fingerprint density at radius 1 is 1.33 bits per heavy atom. The van der Waals surface area contributed by atoms with Crippen LogP contribution in [-0.2, 0) is 9.59 Å². The average molecular weight is 304 g/mol. The van der Waals surface area contributed by atoms with E-state index < -0.39 is 0 Å². The first-order valence-electron chi connectivity index (χ1n) is 7.03. The molecule has 3 rings (SSSR count). The van der Waals surface area contributed by atoms with Gasteiger partial charge in [0, 0.05) is 11.0 Å². The first-order chi connectivity index (χ1) is 10.1. The van der Waals surface area contributed by atoms with Crippen molar-refractivity contribution in [2.24, 2.45) is 0 Å². The molecule has 2 aliphatic rings. The lowest BCUT2D eigenvalue weighted by molar-refractivity contribution is -0.883. The number of quaternary nitrogens is 1. The maximum atomic E-state index is 12.3. The largest absolute Gasteiger partial charge is 0.334 e. The van der Waals surface area contributed by atoms with Crippen LogP contribution in [0.1, 0.15) is 0 Å². The van der Waals surface area contributed by atoms with Gasteiger partial charge in [-0.05, 0) is 12.1 Å². The van der Waals surface area contributed by atoms with Crippen molar-refractivity contribution >= 4 is 29.3 Å². The summed E-state index contributed by atoms with van der Waals surface area (Å²) in [4.78, 5) is 29.0. The number of likely N-dealkylation sites (N-methyl/N-ethyl adjacent to an activating group) is 1. The molecule has 6 heteroatoms. The van der Waals surface area contributed by atoms with Gasteiger partial charge in [0.05, 0.1) is 43.8 Å². The van der Waals surface area contributed by atoms with E-state index in [0.29, 0.717) is 4.91 Å². The zero-order valence-corrected chi connectivity index (χ0v) is 12.7. The van der Waals surface area contributed by atoms with Gasteiger partial charge in [-0.1, -0.05) is 23.9 Å². The molecule has 1 fully saturated rings. The Bertz CT molecular complexity index is 607. The normalized spacial score (nSPS) is 21.1. The molecular weight excluding hydrogens is 286 g/mol. The average Bonchev–Trinajstić information content (AvgIpc) is 2.48. The van der Waals surface area contributed by atoms with Crippen molar-refractivity contribution in [3.63, 3.8) is 0 Å². The van der Waals surface area contributed by atoms with Crippen LogP contribution in [-0.4, -0.2) is 49.9 Å². The van der Waals surface area contributed by atoms with Crippen LogP contribution in [0.4, 0.5) is 5.69 Å². The van der Waals surface area contributed by atoms with Gasteiger partial charge in [-0.2, -0.15) is 0 Å². The number of fused-ring (bicyclic) bond motifs is 1. The number of nitrogens with one attached hydrogen (secondary N) is 2. The molecule has 110 valence electrons. The molecule has 0 bridgehead atoms. The van der Waals surface area contributed by atoms with Gasteiger partial charge < -0.3 is 15.1 Å². The summed E-state index contributed by atoms with van der Waals surface area (Å²) < 4.78 is 0. The summed E-state index contributed by atoms with van der Waals surface area (Å²) in [6.07, 6.45) is 1.47. The monoisotopic (exact) mass is 304 g/mol. The standard InChI is InChI=1S/C15H17N3O2S/c1-17-6-8-18(9-7-17)14(19)10-13-15(20)16-11-4-2-3-5-12(11)21-13/h2-5,10H,6-9H2,1H3,(H,16,20)/p+1. The molecule has 0 unspecified atom stereocenters. The van der Waals surface area contributed by atoms with Crippen molar-refractivity contribution < 1.29 is 14.5 Å². The second kappa shape index (κ2) is 5.91. The molecule has 0 aromatic heterocycles. The highest BCUT2D eigenvalue weighted by molar-refractivity contribution is 8.04. The summed E-state index contributed by atoms with van der Waals surface area (Å²) >= 11 is 1.35. The van der Waals surface area contributed by atoms with Crippen molar-refractivity contribution in [2.45, 2.75) is 4.90 Å². The van der Waals surface area contributed by atoms with Gasteiger partial charge in [0.15, 0.2) is 0 Å². The van der Waals surface area contributed by atoms with Gasteiger partial charge in [0.1, 0.15) is 0 Å². The Labute approximate surface area is 128 Å². The molecule has 0 spiro atoms. The summed E-state index contributed by atoms with van der Waals surface area (Å²) in [7, 11) is 2.13. The van der Waals surface area contributed by atoms with Gasteiger partial charge in [0.25, 0.3) is 5.91 Å². The van der Waals surface area contributed by atoms with E-state index >= 15 is 0 Å². The second-order valence-corrected chi connectivity index (χ2v) is 6.43. The maximum Gasteiger partial charge on any atom is 0.262 e. The predicted molar refractivity (Wildman–Crippen MR) is 82.2 cm³/mol. The summed E-state index contributed by atoms with van der Waals surface area (Å²) in [5.74, 6) is -0.272. The molecule has 2 N–H and O–H groups in total. The fourth-order valence-electron chi connectivity index (χ4n) is 2.41. The zero-order chi connectivity index (χ0) is 14.8. The predicted octanol–water partition coefficient (Wildman–Crippen LogP) is -0.0284. The summed E-state index contributed by atoms with van der Waals surface area (Å²) in [6.45, 7) is 3.41. The minimum atomic E-state index is -0.202. The third-order valence-electron chi connectivity index (χ3n) is 3.76. The molecule has 2 amide bonds. The number of carbonyl (C=O) groups excluding carboxylic acids is 2. The number of hydrogen-bond acceptors (Lipinski definition) is 3. The van der Waals surface area contributed by atoms with E-state index in [4.69, 9.17) is 0 Å². The van der Waals surface area contributed by atoms with Crippen molar-refractivity contribution in [3.8, 4) is 0 Å². The van der Waals surface area contributed by atoms with E-state index in [-0.39, 0.29) is 11.8 Å². The molecule has 21 heavy (non-hydrogen) atoms. The van der Waals surface area contributed by atoms with E-state index in [0.717, 1.165) is 36.8 Å². The number of para-hydroxylation sites is 1. The molecule has 2 heterocycles. The van der Waals surface area contributed by atoms with Gasteiger partial charge in [-0.15, -0.1) is 0 Å². The minimum absolute atomic E-state index is 0.0699. The molecule has 1 aromatic rings. The van der Waals surface area contributed by atoms with E-state index in [1.807, 2.05) is 29.2 Å². The number of carbonyl (C=O) groups is 2. The summed E-state index contributed by atoms with van der Waals surface area (Å²) in [5, 5.41) is 2.82. The molecule has 1 aromatic carbocycles. The van der Waals surface area contributed by atoms with Crippen LogP contribution in [0.3, 0.4) is 0 Å². The van der Waals surface area contributed by atoms with Gasteiger partial charge >= 0.3 is 0 Å². The van der Waals surface area contributed by atoms with Crippen LogP contribution in [0, 0.1) is 0 Å². The van der Waals surface area contributed by atoms with Gasteiger partial charge in [-0.25, -0.2) is 0 Å². The van der Waals surface area contributed by atoms with E-state index in [1.165, 1.54) is 22.7 Å². The Hall–Kier alpha value is -1.79. The Morgan fingerprint density at radius 3 is 2.81 bits per heavy atom. The van der Waals surface area contributed by atoms with Gasteiger partial charge in [-0.3, -0.25) is 9.59 Å². The number of amides is 2.